The van der Waals surface area contributed by atoms with Crippen LogP contribution in [0.25, 0.3) is 0 Å². The van der Waals surface area contributed by atoms with Gasteiger partial charge in [0.05, 0.1) is 29.6 Å². The van der Waals surface area contributed by atoms with Gasteiger partial charge in [0, 0.05) is 6.20 Å². The Morgan fingerprint density at radius 3 is 2.70 bits per heavy atom. The summed E-state index contributed by atoms with van der Waals surface area (Å²) in [7, 11) is 0. The molecular formula is C14H24N4O2. The average molecular weight is 280 g/mol. The molecule has 2 unspecified atom stereocenters. The molecule has 0 bridgehead atoms. The predicted molar refractivity (Wildman–Crippen MR) is 77.6 cm³/mol. The van der Waals surface area contributed by atoms with Crippen LogP contribution >= 0.6 is 0 Å². The van der Waals surface area contributed by atoms with Crippen molar-refractivity contribution in [3.8, 4) is 0 Å². The molecule has 0 aliphatic heterocycles. The smallest absolute Gasteiger partial charge is 0.319 e. The summed E-state index contributed by atoms with van der Waals surface area (Å²) in [5.41, 5.74) is 0.540. The first kappa shape index (κ1) is 14.8. The molecule has 6 heteroatoms. The number of amides is 2. The molecule has 2 rings (SSSR count). The minimum atomic E-state index is -0.438. The van der Waals surface area contributed by atoms with E-state index in [9.17, 15) is 9.90 Å². The zero-order valence-electron chi connectivity index (χ0n) is 12.4. The third-order valence-corrected chi connectivity index (χ3v) is 3.57. The van der Waals surface area contributed by atoms with E-state index in [2.05, 4.69) is 15.7 Å². The molecule has 112 valence electrons. The molecule has 0 spiro atoms. The maximum atomic E-state index is 11.9. The van der Waals surface area contributed by atoms with Gasteiger partial charge in [0.15, 0.2) is 0 Å². The summed E-state index contributed by atoms with van der Waals surface area (Å²) in [6, 6.07) is -0.439. The number of urea groups is 1. The average Bonchev–Trinajstić information content (AvgIpc) is 2.80. The third-order valence-electron chi connectivity index (χ3n) is 3.57. The molecule has 3 N–H and O–H groups in total. The highest BCUT2D eigenvalue weighted by Gasteiger charge is 2.24. The summed E-state index contributed by atoms with van der Waals surface area (Å²) in [4.78, 5) is 11.9. The van der Waals surface area contributed by atoms with Crippen molar-refractivity contribution in [1.29, 1.82) is 0 Å². The van der Waals surface area contributed by atoms with Gasteiger partial charge in [0.25, 0.3) is 0 Å². The highest BCUT2D eigenvalue weighted by atomic mass is 16.3. The van der Waals surface area contributed by atoms with Gasteiger partial charge in [0.1, 0.15) is 0 Å². The highest BCUT2D eigenvalue weighted by molar-refractivity contribution is 5.89. The van der Waals surface area contributed by atoms with E-state index in [1.807, 2.05) is 20.8 Å². The van der Waals surface area contributed by atoms with Crippen LogP contribution in [0.2, 0.25) is 0 Å². The third kappa shape index (κ3) is 3.72. The number of aromatic nitrogens is 2. The standard InChI is InChI=1S/C14H24N4O2/c1-14(2,3)18-9-10(8-15-18)16-13(20)17-11-6-4-5-7-12(11)19/h8-9,11-12,19H,4-7H2,1-3H3,(H2,16,17,20). The second kappa shape index (κ2) is 5.83. The van der Waals surface area contributed by atoms with E-state index in [4.69, 9.17) is 0 Å². The number of aliphatic hydroxyl groups is 1. The molecule has 0 aromatic carbocycles. The van der Waals surface area contributed by atoms with Gasteiger partial charge in [-0.3, -0.25) is 4.68 Å². The Bertz CT molecular complexity index is 464. The normalized spacial score (nSPS) is 23.4. The van der Waals surface area contributed by atoms with Gasteiger partial charge in [-0.1, -0.05) is 12.8 Å². The second-order valence-corrected chi connectivity index (χ2v) is 6.40. The van der Waals surface area contributed by atoms with Crippen molar-refractivity contribution in [3.63, 3.8) is 0 Å². The molecule has 1 aliphatic rings. The summed E-state index contributed by atoms with van der Waals surface area (Å²) in [6.45, 7) is 6.13. The van der Waals surface area contributed by atoms with Crippen LogP contribution in [0.15, 0.2) is 12.4 Å². The Morgan fingerprint density at radius 1 is 1.40 bits per heavy atom. The molecule has 0 saturated heterocycles. The molecule has 0 radical (unpaired) electrons. The predicted octanol–water partition coefficient (Wildman–Crippen LogP) is 2.06. The van der Waals surface area contributed by atoms with E-state index < -0.39 is 6.10 Å². The molecular weight excluding hydrogens is 256 g/mol. The molecule has 1 heterocycles. The SMILES string of the molecule is CC(C)(C)n1cc(NC(=O)NC2CCCCC2O)cn1. The van der Waals surface area contributed by atoms with Gasteiger partial charge in [-0.2, -0.15) is 5.10 Å². The molecule has 1 fully saturated rings. The van der Waals surface area contributed by atoms with Gasteiger partial charge in [-0.15, -0.1) is 0 Å². The number of nitrogens with zero attached hydrogens (tertiary/aromatic N) is 2. The van der Waals surface area contributed by atoms with Crippen LogP contribution in [-0.2, 0) is 5.54 Å². The molecule has 6 nitrogen and oxygen atoms in total. The Hall–Kier alpha value is -1.56. The fourth-order valence-electron chi connectivity index (χ4n) is 2.37. The Labute approximate surface area is 119 Å². The van der Waals surface area contributed by atoms with E-state index in [0.717, 1.165) is 25.7 Å². The fraction of sp³-hybridized carbons (Fsp3) is 0.714. The van der Waals surface area contributed by atoms with Gasteiger partial charge >= 0.3 is 6.03 Å². The summed E-state index contributed by atoms with van der Waals surface area (Å²) in [6.07, 6.45) is 6.65. The van der Waals surface area contributed by atoms with Crippen LogP contribution in [0.1, 0.15) is 46.5 Å². The quantitative estimate of drug-likeness (QED) is 0.776. The lowest BCUT2D eigenvalue weighted by atomic mass is 9.93. The Morgan fingerprint density at radius 2 is 2.10 bits per heavy atom. The van der Waals surface area contributed by atoms with Crippen LogP contribution in [0.5, 0.6) is 0 Å². The van der Waals surface area contributed by atoms with E-state index in [1.54, 1.807) is 17.1 Å². The van der Waals surface area contributed by atoms with Gasteiger partial charge in [-0.25, -0.2) is 4.79 Å². The maximum Gasteiger partial charge on any atom is 0.319 e. The minimum Gasteiger partial charge on any atom is -0.391 e. The van der Waals surface area contributed by atoms with Crippen molar-refractivity contribution in [2.24, 2.45) is 0 Å². The maximum absolute atomic E-state index is 11.9. The molecule has 1 aromatic heterocycles. The van der Waals surface area contributed by atoms with Gasteiger partial charge < -0.3 is 15.7 Å². The van der Waals surface area contributed by atoms with Crippen molar-refractivity contribution < 1.29 is 9.90 Å². The van der Waals surface area contributed by atoms with E-state index in [0.29, 0.717) is 5.69 Å². The van der Waals surface area contributed by atoms with Gasteiger partial charge in [0.2, 0.25) is 0 Å². The van der Waals surface area contributed by atoms with E-state index in [1.165, 1.54) is 0 Å². The number of anilines is 1. The lowest BCUT2D eigenvalue weighted by Crippen LogP contribution is -2.46. The molecule has 1 aliphatic carbocycles. The van der Waals surface area contributed by atoms with Crippen molar-refractivity contribution >= 4 is 11.7 Å². The minimum absolute atomic E-state index is 0.115. The van der Waals surface area contributed by atoms with Gasteiger partial charge in [-0.05, 0) is 33.6 Å². The van der Waals surface area contributed by atoms with E-state index >= 15 is 0 Å². The molecule has 2 amide bonds. The molecule has 2 atom stereocenters. The van der Waals surface area contributed by atoms with Crippen LogP contribution in [-0.4, -0.2) is 33.1 Å². The Balaban J connectivity index is 1.89. The van der Waals surface area contributed by atoms with Crippen LogP contribution in [0, 0.1) is 0 Å². The van der Waals surface area contributed by atoms with E-state index in [-0.39, 0.29) is 17.6 Å². The summed E-state index contributed by atoms with van der Waals surface area (Å²) >= 11 is 0. The topological polar surface area (TPSA) is 79.2 Å². The molecule has 1 aromatic rings. The molecule has 20 heavy (non-hydrogen) atoms. The number of nitrogens with one attached hydrogen (secondary N) is 2. The zero-order chi connectivity index (χ0) is 14.8. The van der Waals surface area contributed by atoms with Crippen LogP contribution in [0.4, 0.5) is 10.5 Å². The number of aliphatic hydroxyl groups excluding tert-OH is 1. The zero-order valence-corrected chi connectivity index (χ0v) is 12.4. The van der Waals surface area contributed by atoms with Crippen molar-refractivity contribution in [3.05, 3.63) is 12.4 Å². The van der Waals surface area contributed by atoms with Crippen molar-refractivity contribution in [2.45, 2.75) is 64.1 Å². The first-order valence-electron chi connectivity index (χ1n) is 7.17. The highest BCUT2D eigenvalue weighted by Crippen LogP contribution is 2.19. The van der Waals surface area contributed by atoms with Crippen molar-refractivity contribution in [1.82, 2.24) is 15.1 Å². The summed E-state index contributed by atoms with van der Waals surface area (Å²) < 4.78 is 1.80. The number of rotatable bonds is 2. The Kier molecular flexibility index (Phi) is 4.32. The largest absolute Gasteiger partial charge is 0.391 e. The van der Waals surface area contributed by atoms with Crippen LogP contribution in [0.3, 0.4) is 0 Å². The summed E-state index contributed by atoms with van der Waals surface area (Å²) in [5, 5.41) is 19.6. The number of carbonyl (C=O) groups is 1. The lowest BCUT2D eigenvalue weighted by molar-refractivity contribution is 0.0955. The fourth-order valence-corrected chi connectivity index (χ4v) is 2.37. The number of hydrogen-bond donors (Lipinski definition) is 3. The summed E-state index contributed by atoms with van der Waals surface area (Å²) in [5.74, 6) is 0. The number of carbonyl (C=O) groups excluding carboxylic acids is 1. The van der Waals surface area contributed by atoms with Crippen molar-refractivity contribution in [2.75, 3.05) is 5.32 Å². The monoisotopic (exact) mass is 280 g/mol. The second-order valence-electron chi connectivity index (χ2n) is 6.40. The first-order valence-corrected chi connectivity index (χ1v) is 7.17. The van der Waals surface area contributed by atoms with Crippen LogP contribution < -0.4 is 10.6 Å². The molecule has 1 saturated carbocycles. The first-order chi connectivity index (χ1) is 9.36. The lowest BCUT2D eigenvalue weighted by Gasteiger charge is -2.28. The number of hydrogen-bond acceptors (Lipinski definition) is 3.